The number of hydrogen-bond donors (Lipinski definition) is 0. The van der Waals surface area contributed by atoms with E-state index in [0.29, 0.717) is 4.90 Å². The summed E-state index contributed by atoms with van der Waals surface area (Å²) < 4.78 is 23.9. The molecule has 0 aliphatic heterocycles. The van der Waals surface area contributed by atoms with Gasteiger partial charge in [-0.1, -0.05) is 30.4 Å². The Morgan fingerprint density at radius 2 is 1.86 bits per heavy atom. The topological polar surface area (TPSA) is 34.1 Å². The molecule has 2 nitrogen and oxygen atoms in total. The molecule has 1 unspecified atom stereocenters. The van der Waals surface area contributed by atoms with Gasteiger partial charge in [-0.05, 0) is 25.0 Å². The Balaban J connectivity index is 2.39. The molecule has 1 aromatic carbocycles. The van der Waals surface area contributed by atoms with E-state index in [1.54, 1.807) is 24.3 Å². The molecule has 74 valence electrons. The molecule has 1 aromatic rings. The van der Waals surface area contributed by atoms with Crippen molar-refractivity contribution in [3.63, 3.8) is 0 Å². The van der Waals surface area contributed by atoms with Crippen LogP contribution in [0.3, 0.4) is 0 Å². The molecule has 0 radical (unpaired) electrons. The van der Waals surface area contributed by atoms with E-state index in [4.69, 9.17) is 0 Å². The molecule has 1 aliphatic carbocycles. The van der Waals surface area contributed by atoms with Gasteiger partial charge in [-0.25, -0.2) is 8.42 Å². The van der Waals surface area contributed by atoms with Crippen molar-refractivity contribution < 1.29 is 8.42 Å². The van der Waals surface area contributed by atoms with Crippen LogP contribution in [-0.4, -0.2) is 13.7 Å². The summed E-state index contributed by atoms with van der Waals surface area (Å²) in [6, 6.07) is 8.58. The Labute approximate surface area is 84.2 Å². The molecule has 0 saturated heterocycles. The van der Waals surface area contributed by atoms with Gasteiger partial charge in [0.1, 0.15) is 0 Å². The minimum Gasteiger partial charge on any atom is -0.223 e. The fourth-order valence-corrected chi connectivity index (χ4v) is 3.47. The maximum absolute atomic E-state index is 12.0. The highest BCUT2D eigenvalue weighted by atomic mass is 32.2. The fourth-order valence-electron chi connectivity index (χ4n) is 1.62. The van der Waals surface area contributed by atoms with Gasteiger partial charge < -0.3 is 0 Å². The first-order valence-electron chi connectivity index (χ1n) is 4.59. The summed E-state index contributed by atoms with van der Waals surface area (Å²) in [6.45, 7) is 3.75. The first kappa shape index (κ1) is 9.46. The summed E-state index contributed by atoms with van der Waals surface area (Å²) >= 11 is 0. The molecule has 1 atom stereocenters. The average Bonchev–Trinajstić information content (AvgIpc) is 2.16. The van der Waals surface area contributed by atoms with Crippen molar-refractivity contribution in [2.75, 3.05) is 0 Å². The van der Waals surface area contributed by atoms with Crippen LogP contribution in [-0.2, 0) is 9.84 Å². The van der Waals surface area contributed by atoms with Crippen LogP contribution in [0.4, 0.5) is 0 Å². The quantitative estimate of drug-likeness (QED) is 0.698. The lowest BCUT2D eigenvalue weighted by molar-refractivity contribution is 0.557. The van der Waals surface area contributed by atoms with Crippen molar-refractivity contribution in [1.29, 1.82) is 0 Å². The first-order valence-corrected chi connectivity index (χ1v) is 6.13. The summed E-state index contributed by atoms with van der Waals surface area (Å²) in [5, 5.41) is -0.343. The number of sulfone groups is 1. The lowest BCUT2D eigenvalue weighted by Gasteiger charge is -2.28. The van der Waals surface area contributed by atoms with Crippen molar-refractivity contribution in [2.24, 2.45) is 0 Å². The Morgan fingerprint density at radius 1 is 1.21 bits per heavy atom. The van der Waals surface area contributed by atoms with E-state index in [9.17, 15) is 8.42 Å². The second-order valence-electron chi connectivity index (χ2n) is 3.54. The van der Waals surface area contributed by atoms with Gasteiger partial charge in [0.25, 0.3) is 0 Å². The molecule has 0 heterocycles. The average molecular weight is 208 g/mol. The highest BCUT2D eigenvalue weighted by Gasteiger charge is 2.35. The largest absolute Gasteiger partial charge is 0.223 e. The number of benzene rings is 1. The third-order valence-electron chi connectivity index (χ3n) is 2.63. The maximum atomic E-state index is 12.0. The van der Waals surface area contributed by atoms with Gasteiger partial charge in [-0.2, -0.15) is 0 Å². The van der Waals surface area contributed by atoms with Crippen LogP contribution in [0.25, 0.3) is 0 Å². The molecule has 0 bridgehead atoms. The van der Waals surface area contributed by atoms with Crippen LogP contribution in [0, 0.1) is 0 Å². The molecule has 1 fully saturated rings. The predicted octanol–water partition coefficient (Wildman–Crippen LogP) is 2.18. The Bertz CT molecular complexity index is 445. The van der Waals surface area contributed by atoms with E-state index >= 15 is 0 Å². The fraction of sp³-hybridized carbons (Fsp3) is 0.273. The number of rotatable bonds is 2. The van der Waals surface area contributed by atoms with Crippen LogP contribution >= 0.6 is 0 Å². The van der Waals surface area contributed by atoms with Gasteiger partial charge in [0.15, 0.2) is 9.84 Å². The molecular weight excluding hydrogens is 196 g/mol. The van der Waals surface area contributed by atoms with Crippen LogP contribution in [0.15, 0.2) is 47.4 Å². The van der Waals surface area contributed by atoms with Crippen molar-refractivity contribution in [3.05, 3.63) is 42.5 Å². The summed E-state index contributed by atoms with van der Waals surface area (Å²) in [5.74, 6) is 0. The second-order valence-corrected chi connectivity index (χ2v) is 5.67. The molecule has 3 heteroatoms. The zero-order valence-electron chi connectivity index (χ0n) is 7.81. The van der Waals surface area contributed by atoms with Crippen LogP contribution in [0.1, 0.15) is 12.8 Å². The first-order chi connectivity index (χ1) is 6.62. The van der Waals surface area contributed by atoms with Gasteiger partial charge in [0.2, 0.25) is 0 Å². The van der Waals surface area contributed by atoms with E-state index in [1.807, 2.05) is 6.07 Å². The number of hydrogen-bond acceptors (Lipinski definition) is 2. The third-order valence-corrected chi connectivity index (χ3v) is 4.88. The van der Waals surface area contributed by atoms with Gasteiger partial charge in [0.05, 0.1) is 10.1 Å². The van der Waals surface area contributed by atoms with Crippen molar-refractivity contribution in [3.8, 4) is 0 Å². The normalized spacial score (nSPS) is 21.7. The monoisotopic (exact) mass is 208 g/mol. The van der Waals surface area contributed by atoms with E-state index in [1.165, 1.54) is 0 Å². The van der Waals surface area contributed by atoms with Gasteiger partial charge in [0, 0.05) is 0 Å². The minimum atomic E-state index is -3.15. The third kappa shape index (κ3) is 1.38. The van der Waals surface area contributed by atoms with Crippen LogP contribution in [0.2, 0.25) is 0 Å². The van der Waals surface area contributed by atoms with Gasteiger partial charge >= 0.3 is 0 Å². The standard InChI is InChI=1S/C11H12O2S/c1-9-7-8-11(9)14(12,13)10-5-3-2-4-6-10/h2-6,11H,1,7-8H2. The molecule has 0 amide bonds. The molecule has 2 rings (SSSR count). The van der Waals surface area contributed by atoms with E-state index in [0.717, 1.165) is 18.4 Å². The molecule has 0 N–H and O–H groups in total. The molecular formula is C11H12O2S. The Hall–Kier alpha value is -1.09. The lowest BCUT2D eigenvalue weighted by Crippen LogP contribution is -2.30. The van der Waals surface area contributed by atoms with Crippen molar-refractivity contribution in [2.45, 2.75) is 23.0 Å². The maximum Gasteiger partial charge on any atom is 0.185 e. The summed E-state index contributed by atoms with van der Waals surface area (Å²) in [7, 11) is -3.15. The van der Waals surface area contributed by atoms with E-state index < -0.39 is 9.84 Å². The minimum absolute atomic E-state index is 0.343. The molecule has 0 spiro atoms. The van der Waals surface area contributed by atoms with Gasteiger partial charge in [-0.3, -0.25) is 0 Å². The van der Waals surface area contributed by atoms with E-state index in [2.05, 4.69) is 6.58 Å². The smallest absolute Gasteiger partial charge is 0.185 e. The molecule has 1 saturated carbocycles. The molecule has 14 heavy (non-hydrogen) atoms. The Kier molecular flexibility index (Phi) is 2.19. The highest BCUT2D eigenvalue weighted by molar-refractivity contribution is 7.92. The zero-order chi connectivity index (χ0) is 10.2. The highest BCUT2D eigenvalue weighted by Crippen LogP contribution is 2.34. The zero-order valence-corrected chi connectivity index (χ0v) is 8.63. The summed E-state index contributed by atoms with van der Waals surface area (Å²) in [4.78, 5) is 0.408. The summed E-state index contributed by atoms with van der Waals surface area (Å²) in [5.41, 5.74) is 0.842. The van der Waals surface area contributed by atoms with Crippen molar-refractivity contribution >= 4 is 9.84 Å². The van der Waals surface area contributed by atoms with Gasteiger partial charge in [-0.15, -0.1) is 0 Å². The predicted molar refractivity (Wildman–Crippen MR) is 55.8 cm³/mol. The SMILES string of the molecule is C=C1CCC1S(=O)(=O)c1ccccc1. The van der Waals surface area contributed by atoms with Crippen LogP contribution < -0.4 is 0 Å². The van der Waals surface area contributed by atoms with Crippen molar-refractivity contribution in [1.82, 2.24) is 0 Å². The Morgan fingerprint density at radius 3 is 2.29 bits per heavy atom. The lowest BCUT2D eigenvalue weighted by atomic mass is 9.94. The summed E-state index contributed by atoms with van der Waals surface area (Å²) in [6.07, 6.45) is 1.56. The molecule has 1 aliphatic rings. The molecule has 0 aromatic heterocycles. The van der Waals surface area contributed by atoms with Crippen LogP contribution in [0.5, 0.6) is 0 Å². The second kappa shape index (κ2) is 3.24. The van der Waals surface area contributed by atoms with E-state index in [-0.39, 0.29) is 5.25 Å².